The molecule has 0 spiro atoms. The lowest BCUT2D eigenvalue weighted by atomic mass is 10.7. The van der Waals surface area contributed by atoms with E-state index in [9.17, 15) is 8.42 Å². The zero-order valence-corrected chi connectivity index (χ0v) is 9.09. The van der Waals surface area contributed by atoms with Crippen LogP contribution in [-0.2, 0) is 7.01 Å². The number of thiophene rings is 1. The Morgan fingerprint density at radius 2 is 2.10 bits per heavy atom. The quantitative estimate of drug-likeness (QED) is 0.590. The van der Waals surface area contributed by atoms with Gasteiger partial charge >= 0.3 is 0 Å². The van der Waals surface area contributed by atoms with E-state index in [1.165, 1.54) is 27.3 Å². The third kappa shape index (κ3) is 2.08. The zero-order chi connectivity index (χ0) is 7.78. The Morgan fingerprint density at radius 3 is 2.30 bits per heavy atom. The number of halogens is 2. The largest absolute Gasteiger partial charge is 0.240 e. The molecule has 0 N–H and O–H groups in total. The third-order valence-corrected chi connectivity index (χ3v) is 5.66. The second-order valence-electron chi connectivity index (χ2n) is 1.50. The van der Waals surface area contributed by atoms with Crippen LogP contribution in [0.2, 0.25) is 4.34 Å². The summed E-state index contributed by atoms with van der Waals surface area (Å²) in [4.78, 5) is 0. The second kappa shape index (κ2) is 2.96. The van der Waals surface area contributed by atoms with E-state index in [-0.39, 0.29) is 0 Å². The normalized spacial score (nSPS) is 11.8. The molecule has 0 aliphatic rings. The van der Waals surface area contributed by atoms with Gasteiger partial charge < -0.3 is 0 Å². The molecule has 0 aromatic carbocycles. The zero-order valence-electron chi connectivity index (χ0n) is 4.54. The maximum atomic E-state index is 10.8. The summed E-state index contributed by atoms with van der Waals surface area (Å²) in [6, 6.07) is 3.06. The van der Waals surface area contributed by atoms with Crippen LogP contribution in [0.1, 0.15) is 0 Å². The molecular weight excluding hydrogens is 307 g/mol. The highest BCUT2D eigenvalue weighted by molar-refractivity contribution is 14.2. The van der Waals surface area contributed by atoms with E-state index in [0.717, 1.165) is 11.3 Å². The van der Waals surface area contributed by atoms with Crippen LogP contribution in [0.5, 0.6) is 0 Å². The van der Waals surface area contributed by atoms with Gasteiger partial charge in [0.05, 0.1) is 25.5 Å². The molecule has 1 heterocycles. The van der Waals surface area contributed by atoms with Crippen molar-refractivity contribution in [2.45, 2.75) is 4.21 Å². The van der Waals surface area contributed by atoms with Gasteiger partial charge in [0, 0.05) is 0 Å². The van der Waals surface area contributed by atoms with Gasteiger partial charge in [0.25, 0.3) is 0 Å². The van der Waals surface area contributed by atoms with E-state index in [1.54, 1.807) is 6.07 Å². The topological polar surface area (TPSA) is 34.1 Å². The Kier molecular flexibility index (Phi) is 2.59. The van der Waals surface area contributed by atoms with Crippen LogP contribution in [-0.4, -0.2) is 8.42 Å². The van der Waals surface area contributed by atoms with E-state index < -0.39 is 7.01 Å². The standard InChI is InChI=1S/C4H2ClIO2S2/c5-3-1-2-4(9-3)10(6,7)8/h1-2H. The van der Waals surface area contributed by atoms with Crippen LogP contribution in [0.4, 0.5) is 0 Å². The average Bonchev–Trinajstić information content (AvgIpc) is 2.11. The second-order valence-corrected chi connectivity index (χ2v) is 8.26. The van der Waals surface area contributed by atoms with E-state index in [2.05, 4.69) is 0 Å². The van der Waals surface area contributed by atoms with Crippen LogP contribution in [0, 0.1) is 0 Å². The van der Waals surface area contributed by atoms with Crippen LogP contribution in [0.3, 0.4) is 0 Å². The molecule has 0 aliphatic heterocycles. The molecular formula is C4H2ClIO2S2. The molecule has 56 valence electrons. The lowest BCUT2D eigenvalue weighted by molar-refractivity contribution is 0.614. The SMILES string of the molecule is O=S(=O)(I)c1ccc(Cl)s1. The lowest BCUT2D eigenvalue weighted by Gasteiger charge is -1.84. The van der Waals surface area contributed by atoms with Crippen LogP contribution in [0.25, 0.3) is 0 Å². The first-order valence-electron chi connectivity index (χ1n) is 2.20. The lowest BCUT2D eigenvalue weighted by Crippen LogP contribution is -1.81. The molecule has 0 unspecified atom stereocenters. The molecule has 0 saturated heterocycles. The van der Waals surface area contributed by atoms with E-state index in [1.807, 2.05) is 0 Å². The maximum Gasteiger partial charge on any atom is 0.240 e. The highest BCUT2D eigenvalue weighted by atomic mass is 127. The van der Waals surface area contributed by atoms with Crippen molar-refractivity contribution in [1.29, 1.82) is 0 Å². The summed E-state index contributed by atoms with van der Waals surface area (Å²) >= 11 is 7.96. The molecule has 0 amide bonds. The minimum absolute atomic E-state index is 0.304. The summed E-state index contributed by atoms with van der Waals surface area (Å²) < 4.78 is 22.4. The fraction of sp³-hybridized carbons (Fsp3) is 0. The number of hydrogen-bond donors (Lipinski definition) is 0. The van der Waals surface area contributed by atoms with Crippen molar-refractivity contribution >= 4 is 51.2 Å². The van der Waals surface area contributed by atoms with E-state index in [4.69, 9.17) is 11.6 Å². The molecule has 2 nitrogen and oxygen atoms in total. The Hall–Kier alpha value is 0.670. The first-order valence-corrected chi connectivity index (χ1v) is 7.42. The molecule has 1 aromatic heterocycles. The van der Waals surface area contributed by atoms with E-state index >= 15 is 0 Å². The summed E-state index contributed by atoms with van der Waals surface area (Å²) in [5, 5.41) is 0. The first kappa shape index (κ1) is 8.76. The summed E-state index contributed by atoms with van der Waals surface area (Å²) in [5.74, 6) is 0. The number of hydrogen-bond acceptors (Lipinski definition) is 3. The van der Waals surface area contributed by atoms with Gasteiger partial charge in [-0.3, -0.25) is 0 Å². The van der Waals surface area contributed by atoms with Crippen LogP contribution in [0.15, 0.2) is 16.3 Å². The molecule has 1 rings (SSSR count). The summed E-state index contributed by atoms with van der Waals surface area (Å²) in [7, 11) is -3.08. The van der Waals surface area contributed by atoms with Gasteiger partial charge in [-0.2, -0.15) is 0 Å². The van der Waals surface area contributed by atoms with Gasteiger partial charge in [-0.05, 0) is 12.1 Å². The molecule has 0 aliphatic carbocycles. The van der Waals surface area contributed by atoms with Gasteiger partial charge in [0.2, 0.25) is 7.01 Å². The van der Waals surface area contributed by atoms with Gasteiger partial charge in [-0.15, -0.1) is 11.3 Å². The Balaban J connectivity index is 3.21. The van der Waals surface area contributed by atoms with Crippen molar-refractivity contribution in [2.75, 3.05) is 0 Å². The van der Waals surface area contributed by atoms with Crippen molar-refractivity contribution in [3.8, 4) is 0 Å². The molecule has 6 heteroatoms. The average molecular weight is 309 g/mol. The molecule has 0 fully saturated rings. The predicted octanol–water partition coefficient (Wildman–Crippen LogP) is 2.53. The summed E-state index contributed by atoms with van der Waals surface area (Å²) in [6.07, 6.45) is 0. The fourth-order valence-corrected chi connectivity index (χ4v) is 3.49. The van der Waals surface area contributed by atoms with Crippen molar-refractivity contribution in [1.82, 2.24) is 0 Å². The van der Waals surface area contributed by atoms with Crippen molar-refractivity contribution in [3.05, 3.63) is 16.5 Å². The molecule has 0 atom stereocenters. The van der Waals surface area contributed by atoms with Crippen molar-refractivity contribution in [2.24, 2.45) is 0 Å². The fourth-order valence-electron chi connectivity index (χ4n) is 0.429. The smallest absolute Gasteiger partial charge is 0.212 e. The van der Waals surface area contributed by atoms with Gasteiger partial charge in [-0.1, -0.05) is 11.6 Å². The van der Waals surface area contributed by atoms with Gasteiger partial charge in [-0.25, -0.2) is 8.42 Å². The Labute approximate surface area is 79.7 Å². The minimum atomic E-state index is -3.08. The predicted molar refractivity (Wildman–Crippen MR) is 50.5 cm³/mol. The molecule has 1 aromatic rings. The summed E-state index contributed by atoms with van der Waals surface area (Å²) in [5.41, 5.74) is 0. The molecule has 0 saturated carbocycles. The Bertz CT molecular complexity index is 329. The summed E-state index contributed by atoms with van der Waals surface area (Å²) in [6.45, 7) is 0. The first-order chi connectivity index (χ1) is 4.50. The monoisotopic (exact) mass is 308 g/mol. The molecule has 0 radical (unpaired) electrons. The van der Waals surface area contributed by atoms with Gasteiger partial charge in [0.1, 0.15) is 4.21 Å². The van der Waals surface area contributed by atoms with Crippen molar-refractivity contribution in [3.63, 3.8) is 0 Å². The minimum Gasteiger partial charge on any atom is -0.212 e. The number of rotatable bonds is 1. The van der Waals surface area contributed by atoms with Crippen LogP contribution < -0.4 is 0 Å². The Morgan fingerprint density at radius 1 is 1.50 bits per heavy atom. The highest BCUT2D eigenvalue weighted by Crippen LogP contribution is 2.28. The van der Waals surface area contributed by atoms with E-state index in [0.29, 0.717) is 8.55 Å². The molecule has 10 heavy (non-hydrogen) atoms. The molecule has 0 bridgehead atoms. The third-order valence-electron chi connectivity index (χ3n) is 0.789. The van der Waals surface area contributed by atoms with Crippen molar-refractivity contribution < 1.29 is 8.42 Å². The van der Waals surface area contributed by atoms with Gasteiger partial charge in [0.15, 0.2) is 0 Å². The van der Waals surface area contributed by atoms with Crippen LogP contribution >= 0.6 is 44.1 Å². The highest BCUT2D eigenvalue weighted by Gasteiger charge is 2.10. The maximum absolute atomic E-state index is 10.8.